The maximum atomic E-state index is 14.1. The van der Waals surface area contributed by atoms with Gasteiger partial charge in [-0.2, -0.15) is 0 Å². The lowest BCUT2D eigenvalue weighted by Gasteiger charge is -2.11. The number of ether oxygens (including phenoxy) is 1. The molecule has 0 amide bonds. The molecule has 0 bridgehead atoms. The van der Waals surface area contributed by atoms with Crippen molar-refractivity contribution in [2.24, 2.45) is 0 Å². The van der Waals surface area contributed by atoms with Gasteiger partial charge in [-0.15, -0.1) is 11.3 Å². The van der Waals surface area contributed by atoms with E-state index in [0.717, 1.165) is 35.7 Å². The number of hydrogen-bond acceptors (Lipinski definition) is 3. The molecule has 0 aliphatic heterocycles. The zero-order valence-corrected chi connectivity index (χ0v) is 19.6. The van der Waals surface area contributed by atoms with Gasteiger partial charge in [0.25, 0.3) is 0 Å². The summed E-state index contributed by atoms with van der Waals surface area (Å²) in [5.41, 5.74) is 4.65. The van der Waals surface area contributed by atoms with Crippen molar-refractivity contribution >= 4 is 33.1 Å². The number of unbranched alkanes of at least 4 members (excludes halogenated alkanes) is 1. The van der Waals surface area contributed by atoms with Crippen molar-refractivity contribution in [2.45, 2.75) is 33.1 Å². The molecule has 2 aromatic heterocycles. The van der Waals surface area contributed by atoms with Crippen LogP contribution in [-0.2, 0) is 6.42 Å². The van der Waals surface area contributed by atoms with Crippen LogP contribution in [0.5, 0.6) is 11.5 Å². The minimum absolute atomic E-state index is 0.129. The summed E-state index contributed by atoms with van der Waals surface area (Å²) in [7, 11) is 0. The van der Waals surface area contributed by atoms with Gasteiger partial charge < -0.3 is 14.4 Å². The van der Waals surface area contributed by atoms with E-state index in [2.05, 4.69) is 41.8 Å². The Morgan fingerprint density at radius 2 is 1.79 bits per heavy atom. The zero-order valence-electron chi connectivity index (χ0n) is 18.8. The molecule has 33 heavy (non-hydrogen) atoms. The zero-order chi connectivity index (χ0) is 22.9. The molecule has 2 heterocycles. The lowest BCUT2D eigenvalue weighted by Crippen LogP contribution is -1.95. The Labute approximate surface area is 196 Å². The number of fused-ring (bicyclic) bond motifs is 3. The van der Waals surface area contributed by atoms with Crippen LogP contribution in [0.2, 0.25) is 0 Å². The molecule has 0 saturated heterocycles. The first-order chi connectivity index (χ1) is 16.1. The fourth-order valence-corrected chi connectivity index (χ4v) is 5.42. The molecule has 0 aliphatic rings. The van der Waals surface area contributed by atoms with Crippen LogP contribution in [-0.4, -0.2) is 16.3 Å². The maximum Gasteiger partial charge on any atom is 0.158 e. The average molecular weight is 460 g/mol. The average Bonchev–Trinajstić information content (AvgIpc) is 3.36. The summed E-state index contributed by atoms with van der Waals surface area (Å²) < 4.78 is 21.9. The van der Waals surface area contributed by atoms with E-state index in [9.17, 15) is 9.50 Å². The summed E-state index contributed by atoms with van der Waals surface area (Å²) in [6, 6.07) is 19.3. The second-order valence-corrected chi connectivity index (χ2v) is 9.06. The Morgan fingerprint density at radius 3 is 2.61 bits per heavy atom. The minimum Gasteiger partial charge on any atom is -0.504 e. The summed E-state index contributed by atoms with van der Waals surface area (Å²) >= 11 is 1.39. The Hall–Kier alpha value is -3.31. The van der Waals surface area contributed by atoms with Gasteiger partial charge in [0.2, 0.25) is 0 Å². The third-order valence-electron chi connectivity index (χ3n) is 6.03. The molecule has 0 fully saturated rings. The Morgan fingerprint density at radius 1 is 0.970 bits per heavy atom. The van der Waals surface area contributed by atoms with Crippen LogP contribution in [0.25, 0.3) is 37.9 Å². The number of halogens is 1. The monoisotopic (exact) mass is 459 g/mol. The Bertz CT molecular complexity index is 1450. The highest BCUT2D eigenvalue weighted by Crippen LogP contribution is 2.46. The standard InChI is InChI=1S/C28H26FNO2S/c1-3-5-8-18-11-13-24-21(15-18)20-9-6-7-10-23(20)30(24)25-17-33-28(27(25)31)22-16-19(29)12-14-26(22)32-4-2/h6-7,9-17,31H,3-5,8H2,1-2H3. The molecule has 0 unspecified atom stereocenters. The molecule has 0 atom stereocenters. The third kappa shape index (κ3) is 3.76. The van der Waals surface area contributed by atoms with E-state index in [1.165, 1.54) is 34.4 Å². The maximum absolute atomic E-state index is 14.1. The molecule has 3 nitrogen and oxygen atoms in total. The first-order valence-electron chi connectivity index (χ1n) is 11.4. The van der Waals surface area contributed by atoms with Gasteiger partial charge in [0, 0.05) is 21.7 Å². The highest BCUT2D eigenvalue weighted by molar-refractivity contribution is 7.14. The third-order valence-corrected chi connectivity index (χ3v) is 7.02. The molecule has 5 rings (SSSR count). The molecule has 3 aromatic carbocycles. The Balaban J connectivity index is 1.71. The summed E-state index contributed by atoms with van der Waals surface area (Å²) in [6.07, 6.45) is 3.38. The molecule has 0 aliphatic carbocycles. The van der Waals surface area contributed by atoms with E-state index in [-0.39, 0.29) is 11.6 Å². The molecule has 0 radical (unpaired) electrons. The lowest BCUT2D eigenvalue weighted by molar-refractivity contribution is 0.341. The fraction of sp³-hybridized carbons (Fsp3) is 0.214. The van der Waals surface area contributed by atoms with Gasteiger partial charge in [0.15, 0.2) is 5.75 Å². The molecule has 0 saturated carbocycles. The van der Waals surface area contributed by atoms with E-state index in [1.54, 1.807) is 6.07 Å². The van der Waals surface area contributed by atoms with Crippen LogP contribution >= 0.6 is 11.3 Å². The van der Waals surface area contributed by atoms with E-state index < -0.39 is 0 Å². The number of benzene rings is 3. The van der Waals surface area contributed by atoms with Gasteiger partial charge in [-0.1, -0.05) is 37.6 Å². The number of rotatable bonds is 7. The van der Waals surface area contributed by atoms with Crippen LogP contribution in [0.1, 0.15) is 32.3 Å². The van der Waals surface area contributed by atoms with Crippen molar-refractivity contribution in [3.05, 3.63) is 77.4 Å². The largest absolute Gasteiger partial charge is 0.504 e. The molecule has 5 aromatic rings. The summed E-state index contributed by atoms with van der Waals surface area (Å²) in [6.45, 7) is 4.56. The van der Waals surface area contributed by atoms with E-state index in [4.69, 9.17) is 4.74 Å². The number of aromatic nitrogens is 1. The number of aryl methyl sites for hydroxylation is 1. The van der Waals surface area contributed by atoms with Crippen molar-refractivity contribution in [1.29, 1.82) is 0 Å². The minimum atomic E-state index is -0.362. The molecular formula is C28H26FNO2S. The molecule has 5 heteroatoms. The van der Waals surface area contributed by atoms with Gasteiger partial charge in [0.05, 0.1) is 28.2 Å². The summed E-state index contributed by atoms with van der Waals surface area (Å²) in [5, 5.41) is 15.6. The predicted octanol–water partition coefficient (Wildman–Crippen LogP) is 8.10. The number of thiophene rings is 1. The number of aromatic hydroxyl groups is 1. The van der Waals surface area contributed by atoms with Crippen LogP contribution in [0, 0.1) is 5.82 Å². The number of nitrogens with zero attached hydrogens (tertiary/aromatic N) is 1. The smallest absolute Gasteiger partial charge is 0.158 e. The van der Waals surface area contributed by atoms with Crippen LogP contribution in [0.3, 0.4) is 0 Å². The second-order valence-electron chi connectivity index (χ2n) is 8.18. The Kier molecular flexibility index (Phi) is 5.81. The van der Waals surface area contributed by atoms with Crippen LogP contribution < -0.4 is 4.74 Å². The first-order valence-corrected chi connectivity index (χ1v) is 12.3. The van der Waals surface area contributed by atoms with Gasteiger partial charge in [0.1, 0.15) is 11.6 Å². The summed E-state index contributed by atoms with van der Waals surface area (Å²) in [5.74, 6) is 0.328. The fourth-order valence-electron chi connectivity index (χ4n) is 4.47. The van der Waals surface area contributed by atoms with Gasteiger partial charge in [-0.3, -0.25) is 0 Å². The molecule has 168 valence electrons. The van der Waals surface area contributed by atoms with Gasteiger partial charge >= 0.3 is 0 Å². The van der Waals surface area contributed by atoms with Gasteiger partial charge in [-0.05, 0) is 61.7 Å². The number of hydrogen-bond donors (Lipinski definition) is 1. The van der Waals surface area contributed by atoms with E-state index >= 15 is 0 Å². The topological polar surface area (TPSA) is 34.4 Å². The molecule has 1 N–H and O–H groups in total. The molecular weight excluding hydrogens is 433 g/mol. The number of para-hydroxylation sites is 1. The highest BCUT2D eigenvalue weighted by Gasteiger charge is 2.21. The summed E-state index contributed by atoms with van der Waals surface area (Å²) in [4.78, 5) is 0.596. The first kappa shape index (κ1) is 21.5. The van der Waals surface area contributed by atoms with Crippen LogP contribution in [0.15, 0.2) is 66.0 Å². The van der Waals surface area contributed by atoms with E-state index in [0.29, 0.717) is 28.5 Å². The van der Waals surface area contributed by atoms with Crippen molar-refractivity contribution in [3.8, 4) is 27.6 Å². The van der Waals surface area contributed by atoms with Crippen molar-refractivity contribution < 1.29 is 14.2 Å². The van der Waals surface area contributed by atoms with Gasteiger partial charge in [-0.25, -0.2) is 4.39 Å². The van der Waals surface area contributed by atoms with Crippen molar-refractivity contribution in [3.63, 3.8) is 0 Å². The molecule has 0 spiro atoms. The second kappa shape index (κ2) is 8.91. The SMILES string of the molecule is CCCCc1ccc2c(c1)c1ccccc1n2-c1csc(-c2cc(F)ccc2OCC)c1O. The lowest BCUT2D eigenvalue weighted by atomic mass is 10.0. The van der Waals surface area contributed by atoms with Crippen LogP contribution in [0.4, 0.5) is 4.39 Å². The normalized spacial score (nSPS) is 11.5. The highest BCUT2D eigenvalue weighted by atomic mass is 32.1. The van der Waals surface area contributed by atoms with E-state index in [1.807, 2.05) is 24.4 Å². The van der Waals surface area contributed by atoms with Crippen molar-refractivity contribution in [1.82, 2.24) is 4.57 Å². The predicted molar refractivity (Wildman–Crippen MR) is 135 cm³/mol. The van der Waals surface area contributed by atoms with Crippen molar-refractivity contribution in [2.75, 3.05) is 6.61 Å². The quantitative estimate of drug-likeness (QED) is 0.267.